The molecule has 0 fully saturated rings. The first kappa shape index (κ1) is 13.6. The zero-order valence-corrected chi connectivity index (χ0v) is 8.61. The Hall–Kier alpha value is -2.51. The molecule has 0 aliphatic heterocycles. The fourth-order valence-corrected chi connectivity index (χ4v) is 1.38. The van der Waals surface area contributed by atoms with Crippen molar-refractivity contribution in [3.63, 3.8) is 0 Å². The van der Waals surface area contributed by atoms with E-state index in [0.717, 1.165) is 0 Å². The summed E-state index contributed by atoms with van der Waals surface area (Å²) in [5.74, 6) is -8.52. The van der Waals surface area contributed by atoms with Crippen molar-refractivity contribution in [3.05, 3.63) is 34.4 Å². The predicted molar refractivity (Wildman–Crippen MR) is 51.6 cm³/mol. The molecule has 8 heteroatoms. The van der Waals surface area contributed by atoms with E-state index in [2.05, 4.69) is 0 Å². The van der Waals surface area contributed by atoms with Crippen molar-refractivity contribution in [3.8, 4) is 0 Å². The molecule has 0 aromatic heterocycles. The van der Waals surface area contributed by atoms with Crippen molar-refractivity contribution < 1.29 is 38.5 Å². The number of halogens is 2. The monoisotopic (exact) mass is 260 g/mol. The van der Waals surface area contributed by atoms with Gasteiger partial charge in [-0.15, -0.1) is 0 Å². The van der Waals surface area contributed by atoms with Gasteiger partial charge in [-0.1, -0.05) is 0 Å². The summed E-state index contributed by atoms with van der Waals surface area (Å²) in [5, 5.41) is 25.7. The maximum Gasteiger partial charge on any atom is 0.339 e. The normalized spacial score (nSPS) is 10.1. The molecule has 1 rings (SSSR count). The number of hydrogen-bond donors (Lipinski definition) is 3. The summed E-state index contributed by atoms with van der Waals surface area (Å²) in [4.78, 5) is 31.7. The van der Waals surface area contributed by atoms with E-state index in [0.29, 0.717) is 6.07 Å². The molecule has 0 unspecified atom stereocenters. The molecular weight excluding hydrogens is 254 g/mol. The Balaban J connectivity index is 3.61. The van der Waals surface area contributed by atoms with Crippen LogP contribution in [0.15, 0.2) is 6.07 Å². The van der Waals surface area contributed by atoms with Crippen molar-refractivity contribution in [2.75, 3.05) is 0 Å². The van der Waals surface area contributed by atoms with Gasteiger partial charge < -0.3 is 15.3 Å². The number of carboxylic acid groups (broad SMARTS) is 3. The number of carboxylic acids is 3. The molecule has 0 bridgehead atoms. The first-order valence-corrected chi connectivity index (χ1v) is 4.45. The third-order valence-corrected chi connectivity index (χ3v) is 2.06. The van der Waals surface area contributed by atoms with Crippen LogP contribution in [0.3, 0.4) is 0 Å². The van der Waals surface area contributed by atoms with Crippen LogP contribution < -0.4 is 0 Å². The molecule has 96 valence electrons. The highest BCUT2D eigenvalue weighted by molar-refractivity contribution is 6.02. The van der Waals surface area contributed by atoms with Gasteiger partial charge in [0.15, 0.2) is 0 Å². The first-order chi connectivity index (χ1) is 8.25. The SMILES string of the molecule is O=C(O)Cc1cc(F)c(C(=O)O)c(C(=O)O)c1F. The van der Waals surface area contributed by atoms with Crippen molar-refractivity contribution in [1.82, 2.24) is 0 Å². The van der Waals surface area contributed by atoms with Crippen LogP contribution in [0.5, 0.6) is 0 Å². The second-order valence-electron chi connectivity index (χ2n) is 3.26. The molecule has 0 saturated heterocycles. The second kappa shape index (κ2) is 4.78. The Kier molecular flexibility index (Phi) is 3.60. The quantitative estimate of drug-likeness (QED) is 0.744. The average molecular weight is 260 g/mol. The van der Waals surface area contributed by atoms with Crippen molar-refractivity contribution >= 4 is 17.9 Å². The number of benzene rings is 1. The fraction of sp³-hybridized carbons (Fsp3) is 0.100. The summed E-state index contributed by atoms with van der Waals surface area (Å²) >= 11 is 0. The van der Waals surface area contributed by atoms with Crippen LogP contribution in [-0.4, -0.2) is 33.2 Å². The molecule has 0 saturated carbocycles. The Morgan fingerprint density at radius 3 is 1.89 bits per heavy atom. The number of aromatic carboxylic acids is 2. The minimum absolute atomic E-state index is 0.360. The molecule has 0 radical (unpaired) electrons. The van der Waals surface area contributed by atoms with E-state index in [9.17, 15) is 23.2 Å². The van der Waals surface area contributed by atoms with Crippen LogP contribution >= 0.6 is 0 Å². The Morgan fingerprint density at radius 1 is 1.00 bits per heavy atom. The molecule has 6 nitrogen and oxygen atoms in total. The molecule has 1 aromatic rings. The lowest BCUT2D eigenvalue weighted by Crippen LogP contribution is -2.16. The molecule has 0 atom stereocenters. The van der Waals surface area contributed by atoms with E-state index < -0.39 is 52.7 Å². The van der Waals surface area contributed by atoms with E-state index in [-0.39, 0.29) is 0 Å². The third-order valence-electron chi connectivity index (χ3n) is 2.06. The number of rotatable bonds is 4. The minimum atomic E-state index is -1.99. The Labute approximate surface area is 98.1 Å². The van der Waals surface area contributed by atoms with E-state index in [1.165, 1.54) is 0 Å². The van der Waals surface area contributed by atoms with Gasteiger partial charge in [0.05, 0.1) is 6.42 Å². The Morgan fingerprint density at radius 2 is 1.50 bits per heavy atom. The van der Waals surface area contributed by atoms with Crippen LogP contribution in [0.1, 0.15) is 26.3 Å². The maximum atomic E-state index is 13.6. The van der Waals surface area contributed by atoms with Gasteiger partial charge in [0.25, 0.3) is 0 Å². The van der Waals surface area contributed by atoms with E-state index in [1.54, 1.807) is 0 Å². The largest absolute Gasteiger partial charge is 0.481 e. The fourth-order valence-electron chi connectivity index (χ4n) is 1.38. The molecule has 0 heterocycles. The highest BCUT2D eigenvalue weighted by Gasteiger charge is 2.28. The summed E-state index contributed by atoms with van der Waals surface area (Å²) in [5.41, 5.74) is -3.46. The highest BCUT2D eigenvalue weighted by atomic mass is 19.1. The summed E-state index contributed by atoms with van der Waals surface area (Å²) in [7, 11) is 0. The smallest absolute Gasteiger partial charge is 0.339 e. The van der Waals surface area contributed by atoms with Gasteiger partial charge in [-0.25, -0.2) is 18.4 Å². The van der Waals surface area contributed by atoms with E-state index in [1.807, 2.05) is 0 Å². The van der Waals surface area contributed by atoms with Crippen LogP contribution in [0.4, 0.5) is 8.78 Å². The van der Waals surface area contributed by atoms with Gasteiger partial charge in [-0.3, -0.25) is 4.79 Å². The number of hydrogen-bond acceptors (Lipinski definition) is 3. The summed E-state index contributed by atoms with van der Waals surface area (Å²) in [6, 6.07) is 0.360. The zero-order chi connectivity index (χ0) is 14.0. The van der Waals surface area contributed by atoms with Gasteiger partial charge in [-0.2, -0.15) is 0 Å². The predicted octanol–water partition coefficient (Wildman–Crippen LogP) is 0.988. The second-order valence-corrected chi connectivity index (χ2v) is 3.26. The van der Waals surface area contributed by atoms with Crippen molar-refractivity contribution in [1.29, 1.82) is 0 Å². The number of carbonyl (C=O) groups is 3. The lowest BCUT2D eigenvalue weighted by Gasteiger charge is -2.08. The first-order valence-electron chi connectivity index (χ1n) is 4.45. The van der Waals surface area contributed by atoms with Crippen LogP contribution in [0, 0.1) is 11.6 Å². The lowest BCUT2D eigenvalue weighted by atomic mass is 10.00. The summed E-state index contributed by atoms with van der Waals surface area (Å²) in [6.07, 6.45) is -0.955. The zero-order valence-electron chi connectivity index (χ0n) is 8.61. The highest BCUT2D eigenvalue weighted by Crippen LogP contribution is 2.22. The summed E-state index contributed by atoms with van der Waals surface area (Å²) in [6.45, 7) is 0. The summed E-state index contributed by atoms with van der Waals surface area (Å²) < 4.78 is 27.0. The Bertz CT molecular complexity index is 552. The van der Waals surface area contributed by atoms with Crippen LogP contribution in [-0.2, 0) is 11.2 Å². The average Bonchev–Trinajstić information content (AvgIpc) is 2.20. The standard InChI is InChI=1S/C10H6F2O6/c11-4-1-3(2-5(13)14)8(12)7(10(17)18)6(4)9(15)16/h1H,2H2,(H,13,14)(H,15,16)(H,17,18). The van der Waals surface area contributed by atoms with Gasteiger partial charge in [0, 0.05) is 5.56 Å². The van der Waals surface area contributed by atoms with Gasteiger partial charge in [0.2, 0.25) is 0 Å². The molecule has 1 aromatic carbocycles. The molecule has 0 amide bonds. The molecule has 3 N–H and O–H groups in total. The van der Waals surface area contributed by atoms with Crippen LogP contribution in [0.2, 0.25) is 0 Å². The molecule has 0 spiro atoms. The van der Waals surface area contributed by atoms with E-state index in [4.69, 9.17) is 15.3 Å². The number of aliphatic carboxylic acids is 1. The minimum Gasteiger partial charge on any atom is -0.481 e. The van der Waals surface area contributed by atoms with Crippen molar-refractivity contribution in [2.24, 2.45) is 0 Å². The van der Waals surface area contributed by atoms with Crippen LogP contribution in [0.25, 0.3) is 0 Å². The van der Waals surface area contributed by atoms with Gasteiger partial charge in [0.1, 0.15) is 22.8 Å². The third kappa shape index (κ3) is 2.42. The molecular formula is C10H6F2O6. The topological polar surface area (TPSA) is 112 Å². The lowest BCUT2D eigenvalue weighted by molar-refractivity contribution is -0.136. The molecule has 0 aliphatic rings. The van der Waals surface area contributed by atoms with Crippen molar-refractivity contribution in [2.45, 2.75) is 6.42 Å². The van der Waals surface area contributed by atoms with Gasteiger partial charge in [-0.05, 0) is 6.07 Å². The molecule has 0 aliphatic carbocycles. The van der Waals surface area contributed by atoms with Gasteiger partial charge >= 0.3 is 17.9 Å². The molecule has 18 heavy (non-hydrogen) atoms. The van der Waals surface area contributed by atoms with E-state index >= 15 is 0 Å². The maximum absolute atomic E-state index is 13.6.